The van der Waals surface area contributed by atoms with Crippen molar-refractivity contribution in [3.05, 3.63) is 29.8 Å². The topological polar surface area (TPSA) is 37.0 Å². The van der Waals surface area contributed by atoms with Gasteiger partial charge in [-0.05, 0) is 42.6 Å². The first-order chi connectivity index (χ1) is 11.9. The van der Waals surface area contributed by atoms with Gasteiger partial charge in [0, 0.05) is 39.3 Å². The van der Waals surface area contributed by atoms with Crippen LogP contribution in [0.2, 0.25) is 0 Å². The van der Waals surface area contributed by atoms with Gasteiger partial charge in [-0.1, -0.05) is 12.1 Å². The van der Waals surface area contributed by atoms with Gasteiger partial charge in [-0.25, -0.2) is 0 Å². The molecule has 0 bridgehead atoms. The summed E-state index contributed by atoms with van der Waals surface area (Å²) in [6.07, 6.45) is 0. The SMILES string of the molecule is Cl.Cl.c1cc(CN2C[C@H]3CNC[C@H]3C2)cc(OCCN2CCOCC2)c1. The minimum Gasteiger partial charge on any atom is -0.492 e. The minimum atomic E-state index is 0. The molecule has 3 aliphatic rings. The van der Waals surface area contributed by atoms with Crippen LogP contribution in [0.4, 0.5) is 0 Å². The number of nitrogens with one attached hydrogen (secondary N) is 1. The van der Waals surface area contributed by atoms with E-state index in [0.717, 1.165) is 63.6 Å². The second-order valence-corrected chi connectivity index (χ2v) is 7.32. The highest BCUT2D eigenvalue weighted by Gasteiger charge is 2.35. The summed E-state index contributed by atoms with van der Waals surface area (Å²) in [5.41, 5.74) is 1.37. The number of ether oxygens (including phenoxy) is 2. The molecule has 0 saturated carbocycles. The molecule has 1 aromatic rings. The lowest BCUT2D eigenvalue weighted by molar-refractivity contribution is 0.0322. The second-order valence-electron chi connectivity index (χ2n) is 7.32. The van der Waals surface area contributed by atoms with Crippen molar-refractivity contribution < 1.29 is 9.47 Å². The molecule has 7 heteroatoms. The largest absolute Gasteiger partial charge is 0.492 e. The Bertz CT molecular complexity index is 531. The average Bonchev–Trinajstić information content (AvgIpc) is 3.18. The smallest absolute Gasteiger partial charge is 0.119 e. The molecule has 0 amide bonds. The normalized spacial score (nSPS) is 26.0. The van der Waals surface area contributed by atoms with E-state index in [2.05, 4.69) is 39.4 Å². The lowest BCUT2D eigenvalue weighted by Gasteiger charge is -2.26. The third-order valence-electron chi connectivity index (χ3n) is 5.55. The van der Waals surface area contributed by atoms with Gasteiger partial charge in [0.1, 0.15) is 12.4 Å². The molecule has 0 spiro atoms. The van der Waals surface area contributed by atoms with Crippen molar-refractivity contribution in [2.24, 2.45) is 11.8 Å². The summed E-state index contributed by atoms with van der Waals surface area (Å²) in [6.45, 7) is 11.4. The highest BCUT2D eigenvalue weighted by atomic mass is 35.5. The van der Waals surface area contributed by atoms with Crippen molar-refractivity contribution in [2.45, 2.75) is 6.54 Å². The summed E-state index contributed by atoms with van der Waals surface area (Å²) in [5, 5.41) is 3.51. The van der Waals surface area contributed by atoms with Crippen molar-refractivity contribution in [3.63, 3.8) is 0 Å². The molecule has 3 aliphatic heterocycles. The fourth-order valence-corrected chi connectivity index (χ4v) is 4.19. The second kappa shape index (κ2) is 10.7. The molecule has 4 rings (SSSR count). The maximum absolute atomic E-state index is 5.98. The number of nitrogens with zero attached hydrogens (tertiary/aromatic N) is 2. The minimum absolute atomic E-state index is 0. The summed E-state index contributed by atoms with van der Waals surface area (Å²) in [7, 11) is 0. The summed E-state index contributed by atoms with van der Waals surface area (Å²) in [6, 6.07) is 8.64. The van der Waals surface area contributed by atoms with Crippen molar-refractivity contribution in [2.75, 3.05) is 65.6 Å². The Morgan fingerprint density at radius 1 is 1.04 bits per heavy atom. The Kier molecular flexibility index (Phi) is 8.94. The first-order valence-electron chi connectivity index (χ1n) is 9.32. The van der Waals surface area contributed by atoms with Gasteiger partial charge in [-0.2, -0.15) is 0 Å². The van der Waals surface area contributed by atoms with E-state index in [4.69, 9.17) is 9.47 Å². The molecule has 3 fully saturated rings. The van der Waals surface area contributed by atoms with Gasteiger partial charge >= 0.3 is 0 Å². The Balaban J connectivity index is 0.00000121. The van der Waals surface area contributed by atoms with Crippen LogP contribution in [0, 0.1) is 11.8 Å². The Morgan fingerprint density at radius 2 is 1.77 bits per heavy atom. The van der Waals surface area contributed by atoms with E-state index < -0.39 is 0 Å². The summed E-state index contributed by atoms with van der Waals surface area (Å²) in [5.74, 6) is 2.72. The number of fused-ring (bicyclic) bond motifs is 1. The molecule has 1 aromatic carbocycles. The van der Waals surface area contributed by atoms with E-state index in [0.29, 0.717) is 0 Å². The van der Waals surface area contributed by atoms with Crippen LogP contribution < -0.4 is 10.1 Å². The first kappa shape index (κ1) is 21.7. The highest BCUT2D eigenvalue weighted by molar-refractivity contribution is 5.85. The summed E-state index contributed by atoms with van der Waals surface area (Å²) in [4.78, 5) is 5.01. The predicted octanol–water partition coefficient (Wildman–Crippen LogP) is 1.89. The molecule has 0 unspecified atom stereocenters. The summed E-state index contributed by atoms with van der Waals surface area (Å²) < 4.78 is 11.4. The van der Waals surface area contributed by atoms with E-state index >= 15 is 0 Å². The molecule has 0 radical (unpaired) electrons. The average molecular weight is 404 g/mol. The van der Waals surface area contributed by atoms with E-state index in [1.54, 1.807) is 0 Å². The molecule has 26 heavy (non-hydrogen) atoms. The van der Waals surface area contributed by atoms with E-state index in [1.165, 1.54) is 31.7 Å². The van der Waals surface area contributed by atoms with Crippen LogP contribution >= 0.6 is 24.8 Å². The maximum atomic E-state index is 5.98. The zero-order chi connectivity index (χ0) is 16.2. The lowest BCUT2D eigenvalue weighted by atomic mass is 10.0. The van der Waals surface area contributed by atoms with E-state index in [9.17, 15) is 0 Å². The monoisotopic (exact) mass is 403 g/mol. The molecular formula is C19H31Cl2N3O2. The lowest BCUT2D eigenvalue weighted by Crippen LogP contribution is -2.38. The molecule has 2 atom stereocenters. The van der Waals surface area contributed by atoms with Crippen LogP contribution in [0.25, 0.3) is 0 Å². The zero-order valence-electron chi connectivity index (χ0n) is 15.3. The van der Waals surface area contributed by atoms with Gasteiger partial charge in [0.15, 0.2) is 0 Å². The molecule has 1 N–H and O–H groups in total. The van der Waals surface area contributed by atoms with Gasteiger partial charge in [0.25, 0.3) is 0 Å². The van der Waals surface area contributed by atoms with Gasteiger partial charge in [-0.15, -0.1) is 24.8 Å². The maximum Gasteiger partial charge on any atom is 0.119 e. The zero-order valence-corrected chi connectivity index (χ0v) is 16.9. The fraction of sp³-hybridized carbons (Fsp3) is 0.684. The first-order valence-corrected chi connectivity index (χ1v) is 9.32. The molecule has 3 saturated heterocycles. The van der Waals surface area contributed by atoms with Crippen LogP contribution in [-0.4, -0.2) is 75.4 Å². The van der Waals surface area contributed by atoms with Gasteiger partial charge in [0.05, 0.1) is 13.2 Å². The molecule has 0 aliphatic carbocycles. The Labute approximate surface area is 169 Å². The number of benzene rings is 1. The number of halogens is 2. The number of rotatable bonds is 6. The highest BCUT2D eigenvalue weighted by Crippen LogP contribution is 2.27. The molecule has 148 valence electrons. The van der Waals surface area contributed by atoms with Gasteiger partial charge in [0.2, 0.25) is 0 Å². The quantitative estimate of drug-likeness (QED) is 0.784. The fourth-order valence-electron chi connectivity index (χ4n) is 4.19. The predicted molar refractivity (Wildman–Crippen MR) is 109 cm³/mol. The van der Waals surface area contributed by atoms with E-state index in [-0.39, 0.29) is 24.8 Å². The summed E-state index contributed by atoms with van der Waals surface area (Å²) >= 11 is 0. The van der Waals surface area contributed by atoms with Crippen molar-refractivity contribution in [1.29, 1.82) is 0 Å². The third kappa shape index (κ3) is 5.72. The number of hydrogen-bond donors (Lipinski definition) is 1. The molecule has 3 heterocycles. The van der Waals surface area contributed by atoms with Crippen molar-refractivity contribution >= 4 is 24.8 Å². The molecule has 0 aromatic heterocycles. The standard InChI is InChI=1S/C19H29N3O2.2ClH/c1-2-16(13-22-14-17-11-20-12-18(17)15-22)10-19(3-1)24-9-6-21-4-7-23-8-5-21;;/h1-3,10,17-18,20H,4-9,11-15H2;2*1H/t17-,18+;;. The van der Waals surface area contributed by atoms with E-state index in [1.807, 2.05) is 0 Å². The third-order valence-corrected chi connectivity index (χ3v) is 5.55. The number of hydrogen-bond acceptors (Lipinski definition) is 5. The van der Waals surface area contributed by atoms with Crippen LogP contribution in [0.1, 0.15) is 5.56 Å². The Morgan fingerprint density at radius 3 is 2.50 bits per heavy atom. The Hall–Kier alpha value is -0.560. The number of likely N-dealkylation sites (tertiary alicyclic amines) is 1. The van der Waals surface area contributed by atoms with Crippen LogP contribution in [0.3, 0.4) is 0 Å². The van der Waals surface area contributed by atoms with Crippen LogP contribution in [-0.2, 0) is 11.3 Å². The van der Waals surface area contributed by atoms with Gasteiger partial charge in [-0.3, -0.25) is 9.80 Å². The van der Waals surface area contributed by atoms with Gasteiger partial charge < -0.3 is 14.8 Å². The number of morpholine rings is 1. The van der Waals surface area contributed by atoms with Crippen molar-refractivity contribution in [3.8, 4) is 5.75 Å². The van der Waals surface area contributed by atoms with Crippen LogP contribution in [0.5, 0.6) is 5.75 Å². The molecule has 5 nitrogen and oxygen atoms in total. The van der Waals surface area contributed by atoms with Crippen molar-refractivity contribution in [1.82, 2.24) is 15.1 Å². The molecular weight excluding hydrogens is 373 g/mol. The van der Waals surface area contributed by atoms with Crippen LogP contribution in [0.15, 0.2) is 24.3 Å².